The molecule has 1 aliphatic heterocycles. The molecule has 0 amide bonds. The van der Waals surface area contributed by atoms with Crippen molar-refractivity contribution in [1.29, 1.82) is 0 Å². The Morgan fingerprint density at radius 3 is 2.70 bits per heavy atom. The molecule has 4 rings (SSSR count). The largest absolute Gasteiger partial charge is 0.495 e. The molecule has 2 aromatic heterocycles. The number of hydrogen-bond acceptors (Lipinski definition) is 6. The van der Waals surface area contributed by atoms with E-state index in [1.807, 2.05) is 35.8 Å². The fourth-order valence-electron chi connectivity index (χ4n) is 4.06. The molecule has 0 spiro atoms. The fourth-order valence-corrected chi connectivity index (χ4v) is 4.06. The normalized spacial score (nSPS) is 16.1. The molecule has 160 valence electrons. The number of aryl methyl sites for hydroxylation is 1. The van der Waals surface area contributed by atoms with E-state index in [1.165, 1.54) is 9.13 Å². The van der Waals surface area contributed by atoms with E-state index in [4.69, 9.17) is 14.5 Å². The Balaban J connectivity index is 1.94. The van der Waals surface area contributed by atoms with Crippen molar-refractivity contribution < 1.29 is 9.47 Å². The zero-order valence-electron chi connectivity index (χ0n) is 17.8. The molecule has 0 radical (unpaired) electrons. The van der Waals surface area contributed by atoms with Gasteiger partial charge in [0.25, 0.3) is 5.56 Å². The molecule has 1 unspecified atom stereocenters. The third kappa shape index (κ3) is 3.19. The van der Waals surface area contributed by atoms with E-state index in [2.05, 4.69) is 11.8 Å². The van der Waals surface area contributed by atoms with E-state index in [0.717, 1.165) is 18.0 Å². The first kappa shape index (κ1) is 20.2. The summed E-state index contributed by atoms with van der Waals surface area (Å²) >= 11 is 0. The van der Waals surface area contributed by atoms with Crippen LogP contribution in [-0.2, 0) is 24.9 Å². The van der Waals surface area contributed by atoms with Gasteiger partial charge >= 0.3 is 5.69 Å². The van der Waals surface area contributed by atoms with Crippen LogP contribution in [0.5, 0.6) is 5.75 Å². The second-order valence-electron chi connectivity index (χ2n) is 7.58. The molecule has 30 heavy (non-hydrogen) atoms. The van der Waals surface area contributed by atoms with E-state index < -0.39 is 0 Å². The van der Waals surface area contributed by atoms with Crippen LogP contribution in [-0.4, -0.2) is 45.6 Å². The van der Waals surface area contributed by atoms with Gasteiger partial charge in [-0.2, -0.15) is 4.98 Å². The lowest BCUT2D eigenvalue weighted by molar-refractivity contribution is 0.137. The van der Waals surface area contributed by atoms with Crippen LogP contribution in [0, 0.1) is 5.92 Å². The number of hydrogen-bond donors (Lipinski definition) is 0. The van der Waals surface area contributed by atoms with Gasteiger partial charge in [0, 0.05) is 26.7 Å². The molecule has 0 N–H and O–H groups in total. The highest BCUT2D eigenvalue weighted by molar-refractivity contribution is 5.78. The van der Waals surface area contributed by atoms with Gasteiger partial charge < -0.3 is 18.9 Å². The van der Waals surface area contributed by atoms with E-state index in [9.17, 15) is 9.59 Å². The lowest BCUT2D eigenvalue weighted by Gasteiger charge is -2.33. The minimum atomic E-state index is -0.389. The Bertz CT molecular complexity index is 1190. The van der Waals surface area contributed by atoms with Gasteiger partial charge in [-0.1, -0.05) is 19.1 Å². The monoisotopic (exact) mass is 413 g/mol. The number of benzene rings is 1. The van der Waals surface area contributed by atoms with Crippen molar-refractivity contribution in [2.24, 2.45) is 13.0 Å². The summed E-state index contributed by atoms with van der Waals surface area (Å²) in [6.45, 7) is 6.44. The van der Waals surface area contributed by atoms with Gasteiger partial charge in [0.1, 0.15) is 5.75 Å². The second-order valence-corrected chi connectivity index (χ2v) is 7.58. The van der Waals surface area contributed by atoms with Gasteiger partial charge in [0.2, 0.25) is 5.95 Å². The lowest BCUT2D eigenvalue weighted by Crippen LogP contribution is -2.41. The molecule has 3 aromatic rings. The number of methoxy groups -OCH3 is 1. The summed E-state index contributed by atoms with van der Waals surface area (Å²) < 4.78 is 15.5. The lowest BCUT2D eigenvalue weighted by atomic mass is 10.1. The average Bonchev–Trinajstić information content (AvgIpc) is 3.13. The van der Waals surface area contributed by atoms with Crippen LogP contribution >= 0.6 is 0 Å². The standard InChI is InChI=1S/C21H27N5O4/c1-5-30-11-10-24-19(27)17-18(23(3)21(24)28)22-20-25(12-14(2)13-26(17)20)15-8-6-7-9-16(15)29-4/h6-9,14H,5,10-13H2,1-4H3. The van der Waals surface area contributed by atoms with E-state index in [0.29, 0.717) is 36.9 Å². The van der Waals surface area contributed by atoms with E-state index >= 15 is 0 Å². The smallest absolute Gasteiger partial charge is 0.332 e. The molecule has 9 nitrogen and oxygen atoms in total. The molecule has 1 aromatic carbocycles. The Morgan fingerprint density at radius 1 is 1.20 bits per heavy atom. The summed E-state index contributed by atoms with van der Waals surface area (Å²) in [6, 6.07) is 7.73. The van der Waals surface area contributed by atoms with Gasteiger partial charge in [0.05, 0.1) is 25.9 Å². The van der Waals surface area contributed by atoms with E-state index in [1.54, 1.807) is 14.2 Å². The molecule has 3 heterocycles. The highest BCUT2D eigenvalue weighted by Crippen LogP contribution is 2.37. The van der Waals surface area contributed by atoms with Crippen molar-refractivity contribution in [3.63, 3.8) is 0 Å². The van der Waals surface area contributed by atoms with Crippen molar-refractivity contribution >= 4 is 22.8 Å². The van der Waals surface area contributed by atoms with Crippen LogP contribution < -0.4 is 20.9 Å². The van der Waals surface area contributed by atoms with Crippen molar-refractivity contribution in [3.05, 3.63) is 45.1 Å². The summed E-state index contributed by atoms with van der Waals surface area (Å²) in [7, 11) is 3.28. The number of anilines is 2. The zero-order chi connectivity index (χ0) is 21.4. The van der Waals surface area contributed by atoms with Gasteiger partial charge in [-0.3, -0.25) is 13.9 Å². The molecular weight excluding hydrogens is 386 g/mol. The third-order valence-electron chi connectivity index (χ3n) is 5.48. The first-order chi connectivity index (χ1) is 14.5. The number of imidazole rings is 1. The highest BCUT2D eigenvalue weighted by Gasteiger charge is 2.30. The maximum absolute atomic E-state index is 13.3. The van der Waals surface area contributed by atoms with Gasteiger partial charge in [0.15, 0.2) is 11.2 Å². The van der Waals surface area contributed by atoms with Crippen LogP contribution in [0.15, 0.2) is 33.9 Å². The molecule has 1 aliphatic rings. The van der Waals surface area contributed by atoms with Crippen LogP contribution in [0.4, 0.5) is 11.6 Å². The maximum atomic E-state index is 13.3. The first-order valence-electron chi connectivity index (χ1n) is 10.2. The fraction of sp³-hybridized carbons (Fsp3) is 0.476. The molecule has 0 bridgehead atoms. The van der Waals surface area contributed by atoms with Crippen molar-refractivity contribution in [1.82, 2.24) is 18.7 Å². The summed E-state index contributed by atoms with van der Waals surface area (Å²) in [5.74, 6) is 1.64. The quantitative estimate of drug-likeness (QED) is 0.573. The van der Waals surface area contributed by atoms with Gasteiger partial charge in [-0.25, -0.2) is 4.79 Å². The molecular formula is C21H27N5O4. The number of nitrogens with zero attached hydrogens (tertiary/aromatic N) is 5. The molecule has 0 aliphatic carbocycles. The van der Waals surface area contributed by atoms with Crippen molar-refractivity contribution in [2.75, 3.05) is 31.8 Å². The molecule has 0 saturated carbocycles. The van der Waals surface area contributed by atoms with Crippen molar-refractivity contribution in [2.45, 2.75) is 26.9 Å². The third-order valence-corrected chi connectivity index (χ3v) is 5.48. The summed E-state index contributed by atoms with van der Waals surface area (Å²) in [5.41, 5.74) is 0.988. The zero-order valence-corrected chi connectivity index (χ0v) is 17.8. The predicted octanol–water partition coefficient (Wildman–Crippen LogP) is 1.73. The topological polar surface area (TPSA) is 83.5 Å². The molecule has 1 atom stereocenters. The van der Waals surface area contributed by atoms with Crippen LogP contribution in [0.2, 0.25) is 0 Å². The minimum Gasteiger partial charge on any atom is -0.495 e. The minimum absolute atomic E-state index is 0.210. The molecule has 0 saturated heterocycles. The predicted molar refractivity (Wildman–Crippen MR) is 115 cm³/mol. The highest BCUT2D eigenvalue weighted by atomic mass is 16.5. The van der Waals surface area contributed by atoms with Gasteiger partial charge in [-0.05, 0) is 25.0 Å². The summed E-state index contributed by atoms with van der Waals surface area (Å²) in [4.78, 5) is 32.9. The Labute approximate surface area is 174 Å². The average molecular weight is 413 g/mol. The Hall–Kier alpha value is -3.07. The van der Waals surface area contributed by atoms with Crippen LogP contribution in [0.25, 0.3) is 11.2 Å². The summed E-state index contributed by atoms with van der Waals surface area (Å²) in [6.07, 6.45) is 0. The number of ether oxygens (including phenoxy) is 2. The number of rotatable bonds is 6. The molecule has 0 fully saturated rings. The summed E-state index contributed by atoms with van der Waals surface area (Å²) in [5, 5.41) is 0. The maximum Gasteiger partial charge on any atom is 0.332 e. The SMILES string of the molecule is CCOCCn1c(=O)c2c(nc3n2CC(C)CN3c2ccccc2OC)n(C)c1=O. The second kappa shape index (κ2) is 7.98. The first-order valence-corrected chi connectivity index (χ1v) is 10.2. The number of fused-ring (bicyclic) bond motifs is 3. The number of para-hydroxylation sites is 2. The Morgan fingerprint density at radius 2 is 1.97 bits per heavy atom. The van der Waals surface area contributed by atoms with Crippen LogP contribution in [0.3, 0.4) is 0 Å². The Kier molecular flexibility index (Phi) is 5.38. The van der Waals surface area contributed by atoms with Gasteiger partial charge in [-0.15, -0.1) is 0 Å². The van der Waals surface area contributed by atoms with Crippen LogP contribution in [0.1, 0.15) is 13.8 Å². The van der Waals surface area contributed by atoms with Crippen molar-refractivity contribution in [3.8, 4) is 5.75 Å². The van der Waals surface area contributed by atoms with E-state index in [-0.39, 0.29) is 23.7 Å². The molecule has 9 heteroatoms. The number of aromatic nitrogens is 4.